The summed E-state index contributed by atoms with van der Waals surface area (Å²) in [4.78, 5) is 12.4. The number of aromatic hydroxyl groups is 1. The molecule has 0 radical (unpaired) electrons. The van der Waals surface area contributed by atoms with Crippen molar-refractivity contribution >= 4 is 5.78 Å². The average molecular weight is 428 g/mol. The van der Waals surface area contributed by atoms with E-state index in [1.807, 2.05) is 6.92 Å². The number of Topliss-reactive ketones (excluding diaryl/α,β-unsaturated/α-hetero) is 1. The van der Waals surface area contributed by atoms with Crippen molar-refractivity contribution in [3.8, 4) is 11.5 Å². The molecule has 0 heterocycles. The highest BCUT2D eigenvalue weighted by molar-refractivity contribution is 6.00. The van der Waals surface area contributed by atoms with Crippen molar-refractivity contribution in [2.24, 2.45) is 0 Å². The van der Waals surface area contributed by atoms with E-state index < -0.39 is 23.5 Å². The molecule has 162 valence electrons. The number of halogens is 3. The van der Waals surface area contributed by atoms with Gasteiger partial charge in [-0.25, -0.2) is 4.39 Å². The van der Waals surface area contributed by atoms with Crippen LogP contribution in [0.4, 0.5) is 13.2 Å². The van der Waals surface area contributed by atoms with E-state index in [4.69, 9.17) is 4.74 Å². The second-order valence-electron chi connectivity index (χ2n) is 7.40. The molecule has 1 N–H and O–H groups in total. The third kappa shape index (κ3) is 5.26. The Morgan fingerprint density at radius 2 is 1.58 bits per heavy atom. The highest BCUT2D eigenvalue weighted by Crippen LogP contribution is 2.32. The van der Waals surface area contributed by atoms with Crippen molar-refractivity contribution in [3.05, 3.63) is 94.3 Å². The van der Waals surface area contributed by atoms with E-state index in [-0.39, 0.29) is 28.9 Å². The van der Waals surface area contributed by atoms with E-state index in [2.05, 4.69) is 0 Å². The summed E-state index contributed by atoms with van der Waals surface area (Å²) in [5, 5.41) is 9.85. The second-order valence-corrected chi connectivity index (χ2v) is 7.40. The number of aryl methyl sites for hydroxylation is 2. The fraction of sp³-hybridized carbons (Fsp3) is 0.240. The monoisotopic (exact) mass is 428 g/mol. The molecule has 6 heteroatoms. The van der Waals surface area contributed by atoms with Gasteiger partial charge in [-0.1, -0.05) is 43.7 Å². The first-order valence-electron chi connectivity index (χ1n) is 9.97. The SMILES string of the molecule is CCCc1ccc(C(F)(F)Oc2ccc(CC(=O)c3ccc(C)c(F)c3O)cc2)cc1. The molecule has 0 fully saturated rings. The summed E-state index contributed by atoms with van der Waals surface area (Å²) in [5.41, 5.74) is 1.36. The van der Waals surface area contributed by atoms with Crippen LogP contribution in [0.3, 0.4) is 0 Å². The Balaban J connectivity index is 1.68. The quantitative estimate of drug-likeness (QED) is 0.426. The Kier molecular flexibility index (Phi) is 6.68. The van der Waals surface area contributed by atoms with Crippen LogP contribution in [0, 0.1) is 12.7 Å². The normalized spacial score (nSPS) is 11.4. The fourth-order valence-corrected chi connectivity index (χ4v) is 3.21. The minimum absolute atomic E-state index is 0.0527. The van der Waals surface area contributed by atoms with Crippen LogP contribution in [0.15, 0.2) is 60.7 Å². The van der Waals surface area contributed by atoms with E-state index in [9.17, 15) is 23.1 Å². The van der Waals surface area contributed by atoms with Gasteiger partial charge in [-0.3, -0.25) is 4.79 Å². The summed E-state index contributed by atoms with van der Waals surface area (Å²) in [6.07, 6.45) is -1.88. The van der Waals surface area contributed by atoms with Gasteiger partial charge < -0.3 is 9.84 Å². The maximum absolute atomic E-state index is 14.5. The Morgan fingerprint density at radius 3 is 2.19 bits per heavy atom. The lowest BCUT2D eigenvalue weighted by Gasteiger charge is -2.18. The van der Waals surface area contributed by atoms with Gasteiger partial charge in [-0.15, -0.1) is 0 Å². The molecule has 0 atom stereocenters. The summed E-state index contributed by atoms with van der Waals surface area (Å²) in [6, 6.07) is 14.5. The number of alkyl halides is 2. The van der Waals surface area contributed by atoms with Gasteiger partial charge in [0.25, 0.3) is 0 Å². The summed E-state index contributed by atoms with van der Waals surface area (Å²) >= 11 is 0. The summed E-state index contributed by atoms with van der Waals surface area (Å²) < 4.78 is 47.6. The molecule has 3 aromatic rings. The number of hydrogen-bond acceptors (Lipinski definition) is 3. The molecule has 0 spiro atoms. The molecule has 0 saturated carbocycles. The first kappa shape index (κ1) is 22.4. The summed E-state index contributed by atoms with van der Waals surface area (Å²) in [7, 11) is 0. The second kappa shape index (κ2) is 9.25. The Morgan fingerprint density at radius 1 is 0.968 bits per heavy atom. The van der Waals surface area contributed by atoms with Crippen LogP contribution >= 0.6 is 0 Å². The molecule has 3 aromatic carbocycles. The van der Waals surface area contributed by atoms with Crippen LogP contribution in [0.5, 0.6) is 11.5 Å². The number of hydrogen-bond donors (Lipinski definition) is 1. The minimum atomic E-state index is -3.51. The highest BCUT2D eigenvalue weighted by atomic mass is 19.3. The van der Waals surface area contributed by atoms with Gasteiger partial charge in [0.1, 0.15) is 5.75 Å². The summed E-state index contributed by atoms with van der Waals surface area (Å²) in [5.74, 6) is -2.06. The van der Waals surface area contributed by atoms with Crippen LogP contribution in [0.1, 0.15) is 46.0 Å². The molecular formula is C25H23F3O3. The molecular weight excluding hydrogens is 405 g/mol. The maximum atomic E-state index is 14.5. The molecule has 0 bridgehead atoms. The van der Waals surface area contributed by atoms with E-state index in [1.165, 1.54) is 55.5 Å². The molecule has 0 saturated heterocycles. The number of rotatable bonds is 8. The fourth-order valence-electron chi connectivity index (χ4n) is 3.21. The van der Waals surface area contributed by atoms with Crippen molar-refractivity contribution < 1.29 is 27.8 Å². The van der Waals surface area contributed by atoms with Crippen molar-refractivity contribution in [3.63, 3.8) is 0 Å². The Bertz CT molecular complexity index is 1060. The Hall–Kier alpha value is -3.28. The van der Waals surface area contributed by atoms with Crippen molar-refractivity contribution in [1.82, 2.24) is 0 Å². The zero-order valence-corrected chi connectivity index (χ0v) is 17.3. The number of benzene rings is 3. The predicted octanol–water partition coefficient (Wildman–Crippen LogP) is 6.35. The number of carbonyl (C=O) groups excluding carboxylic acids is 1. The number of ether oxygens (including phenoxy) is 1. The summed E-state index contributed by atoms with van der Waals surface area (Å²) in [6.45, 7) is 3.50. The number of ketones is 1. The van der Waals surface area contributed by atoms with Crippen molar-refractivity contribution in [2.75, 3.05) is 0 Å². The first-order chi connectivity index (χ1) is 14.7. The van der Waals surface area contributed by atoms with Crippen LogP contribution in [0.2, 0.25) is 0 Å². The number of carbonyl (C=O) groups is 1. The van der Waals surface area contributed by atoms with Gasteiger partial charge in [0.05, 0.1) is 11.1 Å². The van der Waals surface area contributed by atoms with E-state index in [0.717, 1.165) is 18.4 Å². The number of phenolic OH excluding ortho intramolecular Hbond substituents is 1. The Labute approximate surface area is 179 Å². The molecule has 0 amide bonds. The highest BCUT2D eigenvalue weighted by Gasteiger charge is 2.34. The molecule has 0 aliphatic carbocycles. The minimum Gasteiger partial charge on any atom is -0.504 e. The molecule has 0 aliphatic heterocycles. The first-order valence-corrected chi connectivity index (χ1v) is 9.97. The van der Waals surface area contributed by atoms with E-state index in [0.29, 0.717) is 5.56 Å². The predicted molar refractivity (Wildman–Crippen MR) is 112 cm³/mol. The number of phenols is 1. The van der Waals surface area contributed by atoms with Crippen LogP contribution in [-0.4, -0.2) is 10.9 Å². The topological polar surface area (TPSA) is 46.5 Å². The standard InChI is InChI=1S/C25H23F3O3/c1-3-4-17-6-10-19(11-7-17)25(27,28)31-20-12-8-18(9-13-20)15-22(29)21-14-5-16(2)23(26)24(21)30/h5-14,30H,3-4,15H2,1-2H3. The zero-order chi connectivity index (χ0) is 22.6. The third-order valence-corrected chi connectivity index (χ3v) is 4.97. The van der Waals surface area contributed by atoms with Gasteiger partial charge in [-0.05, 0) is 60.4 Å². The zero-order valence-electron chi connectivity index (χ0n) is 17.3. The molecule has 31 heavy (non-hydrogen) atoms. The van der Waals surface area contributed by atoms with Gasteiger partial charge in [0, 0.05) is 6.42 Å². The lowest BCUT2D eigenvalue weighted by molar-refractivity contribution is -0.185. The van der Waals surface area contributed by atoms with Crippen LogP contribution in [-0.2, 0) is 19.0 Å². The molecule has 0 unspecified atom stereocenters. The van der Waals surface area contributed by atoms with E-state index >= 15 is 0 Å². The van der Waals surface area contributed by atoms with E-state index in [1.54, 1.807) is 12.1 Å². The average Bonchev–Trinajstić information content (AvgIpc) is 2.74. The molecule has 3 rings (SSSR count). The lowest BCUT2D eigenvalue weighted by Crippen LogP contribution is -2.21. The molecule has 0 aromatic heterocycles. The maximum Gasteiger partial charge on any atom is 0.426 e. The van der Waals surface area contributed by atoms with Crippen molar-refractivity contribution in [1.29, 1.82) is 0 Å². The molecule has 0 aliphatic rings. The van der Waals surface area contributed by atoms with Gasteiger partial charge in [0.15, 0.2) is 17.3 Å². The van der Waals surface area contributed by atoms with Crippen LogP contribution < -0.4 is 4.74 Å². The third-order valence-electron chi connectivity index (χ3n) is 4.97. The largest absolute Gasteiger partial charge is 0.504 e. The van der Waals surface area contributed by atoms with Gasteiger partial charge in [0.2, 0.25) is 0 Å². The van der Waals surface area contributed by atoms with Crippen LogP contribution in [0.25, 0.3) is 0 Å². The smallest absolute Gasteiger partial charge is 0.426 e. The van der Waals surface area contributed by atoms with Gasteiger partial charge in [-0.2, -0.15) is 8.78 Å². The lowest BCUT2D eigenvalue weighted by atomic mass is 10.0. The molecule has 3 nitrogen and oxygen atoms in total. The van der Waals surface area contributed by atoms with Crippen molar-refractivity contribution in [2.45, 2.75) is 39.2 Å². The van der Waals surface area contributed by atoms with Gasteiger partial charge >= 0.3 is 6.11 Å².